The van der Waals surface area contributed by atoms with Crippen molar-refractivity contribution < 1.29 is 9.53 Å². The molecule has 2 rings (SSSR count). The molecular formula is C15H22N2O2. The lowest BCUT2D eigenvalue weighted by atomic mass is 10.0. The molecule has 4 nitrogen and oxygen atoms in total. The fourth-order valence-corrected chi connectivity index (χ4v) is 2.58. The highest BCUT2D eigenvalue weighted by Crippen LogP contribution is 2.19. The van der Waals surface area contributed by atoms with Gasteiger partial charge in [0.2, 0.25) is 5.91 Å². The third kappa shape index (κ3) is 3.26. The summed E-state index contributed by atoms with van der Waals surface area (Å²) in [5, 5.41) is 3.41. The number of methoxy groups -OCH3 is 1. The molecule has 2 atom stereocenters. The smallest absolute Gasteiger partial charge is 0.239 e. The number of likely N-dealkylation sites (N-methyl/N-ethyl adjacent to an activating group) is 1. The highest BCUT2D eigenvalue weighted by atomic mass is 16.5. The van der Waals surface area contributed by atoms with Gasteiger partial charge in [-0.05, 0) is 31.4 Å². The van der Waals surface area contributed by atoms with Crippen molar-refractivity contribution in [2.75, 3.05) is 20.7 Å². The summed E-state index contributed by atoms with van der Waals surface area (Å²) >= 11 is 0. The third-order valence-corrected chi connectivity index (χ3v) is 3.63. The van der Waals surface area contributed by atoms with Gasteiger partial charge >= 0.3 is 0 Å². The van der Waals surface area contributed by atoms with Crippen LogP contribution in [0.4, 0.5) is 0 Å². The van der Waals surface area contributed by atoms with Crippen molar-refractivity contribution in [2.24, 2.45) is 0 Å². The lowest BCUT2D eigenvalue weighted by Gasteiger charge is -2.19. The summed E-state index contributed by atoms with van der Waals surface area (Å²) in [4.78, 5) is 13.6. The average Bonchev–Trinajstić information content (AvgIpc) is 2.71. The van der Waals surface area contributed by atoms with Crippen LogP contribution in [0.1, 0.15) is 18.9 Å². The van der Waals surface area contributed by atoms with Gasteiger partial charge in [-0.15, -0.1) is 0 Å². The Morgan fingerprint density at radius 2 is 2.21 bits per heavy atom. The van der Waals surface area contributed by atoms with Crippen LogP contribution in [0.25, 0.3) is 0 Å². The molecule has 1 amide bonds. The lowest BCUT2D eigenvalue weighted by molar-refractivity contribution is -0.128. The van der Waals surface area contributed by atoms with E-state index in [1.165, 1.54) is 5.56 Å². The lowest BCUT2D eigenvalue weighted by Crippen LogP contribution is -2.42. The summed E-state index contributed by atoms with van der Waals surface area (Å²) in [6.07, 6.45) is 1.75. The summed E-state index contributed by atoms with van der Waals surface area (Å²) in [6.45, 7) is 2.95. The zero-order valence-electron chi connectivity index (χ0n) is 11.8. The van der Waals surface area contributed by atoms with E-state index >= 15 is 0 Å². The fourth-order valence-electron chi connectivity index (χ4n) is 2.58. The molecule has 1 saturated heterocycles. The molecule has 0 aliphatic carbocycles. The number of carbonyl (C=O) groups excluding carboxylic acids is 1. The number of carbonyl (C=O) groups is 1. The van der Waals surface area contributed by atoms with E-state index in [-0.39, 0.29) is 18.0 Å². The number of ether oxygens (including phenoxy) is 1. The zero-order valence-corrected chi connectivity index (χ0v) is 11.8. The van der Waals surface area contributed by atoms with Crippen molar-refractivity contribution in [2.45, 2.75) is 31.8 Å². The van der Waals surface area contributed by atoms with Gasteiger partial charge in [0.25, 0.3) is 0 Å². The number of nitrogens with zero attached hydrogens (tertiary/aromatic N) is 1. The minimum absolute atomic E-state index is 0.0327. The van der Waals surface area contributed by atoms with E-state index in [1.54, 1.807) is 12.0 Å². The second-order valence-electron chi connectivity index (χ2n) is 5.18. The Hall–Kier alpha value is -1.55. The molecule has 1 heterocycles. The summed E-state index contributed by atoms with van der Waals surface area (Å²) in [6, 6.07) is 8.23. The maximum absolute atomic E-state index is 11.9. The molecule has 1 N–H and O–H groups in total. The number of amides is 1. The van der Waals surface area contributed by atoms with Gasteiger partial charge in [-0.2, -0.15) is 0 Å². The Bertz CT molecular complexity index is 448. The van der Waals surface area contributed by atoms with Crippen LogP contribution in [-0.2, 0) is 11.2 Å². The molecule has 1 aromatic carbocycles. The number of hydrogen-bond donors (Lipinski definition) is 1. The van der Waals surface area contributed by atoms with Crippen LogP contribution in [0, 0.1) is 0 Å². The van der Waals surface area contributed by atoms with Crippen LogP contribution < -0.4 is 10.1 Å². The first kappa shape index (κ1) is 13.9. The second kappa shape index (κ2) is 6.06. The van der Waals surface area contributed by atoms with E-state index in [2.05, 4.69) is 18.3 Å². The van der Waals surface area contributed by atoms with E-state index in [1.807, 2.05) is 25.2 Å². The standard InChI is InChI=1S/C15H22N2O2/c1-11(16-13-8-9-17(2)15(13)18)10-12-6-4-5-7-14(12)19-3/h4-7,11,13,16H,8-10H2,1-3H3. The van der Waals surface area contributed by atoms with Crippen LogP contribution in [0.15, 0.2) is 24.3 Å². The van der Waals surface area contributed by atoms with Crippen molar-refractivity contribution in [1.29, 1.82) is 0 Å². The number of likely N-dealkylation sites (tertiary alicyclic amines) is 1. The van der Waals surface area contributed by atoms with Gasteiger partial charge in [-0.3, -0.25) is 4.79 Å². The summed E-state index contributed by atoms with van der Waals surface area (Å²) in [5.74, 6) is 1.11. The Morgan fingerprint density at radius 3 is 2.84 bits per heavy atom. The van der Waals surface area contributed by atoms with Gasteiger partial charge in [-0.25, -0.2) is 0 Å². The first-order valence-electron chi connectivity index (χ1n) is 6.74. The predicted molar refractivity (Wildman–Crippen MR) is 75.3 cm³/mol. The normalized spacial score (nSPS) is 20.7. The van der Waals surface area contributed by atoms with Gasteiger partial charge in [0.05, 0.1) is 13.2 Å². The molecular weight excluding hydrogens is 240 g/mol. The van der Waals surface area contributed by atoms with E-state index in [9.17, 15) is 4.79 Å². The Labute approximate surface area is 114 Å². The first-order chi connectivity index (χ1) is 9.11. The van der Waals surface area contributed by atoms with Crippen LogP contribution in [0.5, 0.6) is 5.75 Å². The van der Waals surface area contributed by atoms with E-state index in [0.717, 1.165) is 25.1 Å². The van der Waals surface area contributed by atoms with Crippen molar-refractivity contribution in [3.8, 4) is 5.75 Å². The largest absolute Gasteiger partial charge is 0.496 e. The van der Waals surface area contributed by atoms with Gasteiger partial charge in [-0.1, -0.05) is 18.2 Å². The molecule has 0 saturated carbocycles. The molecule has 2 unspecified atom stereocenters. The molecule has 0 aromatic heterocycles. The molecule has 0 radical (unpaired) electrons. The fraction of sp³-hybridized carbons (Fsp3) is 0.533. The molecule has 1 aliphatic rings. The number of benzene rings is 1. The summed E-state index contributed by atoms with van der Waals surface area (Å²) < 4.78 is 5.35. The van der Waals surface area contributed by atoms with Crippen molar-refractivity contribution in [3.05, 3.63) is 29.8 Å². The number of para-hydroxylation sites is 1. The zero-order chi connectivity index (χ0) is 13.8. The van der Waals surface area contributed by atoms with E-state index in [0.29, 0.717) is 0 Å². The minimum atomic E-state index is -0.0327. The molecule has 19 heavy (non-hydrogen) atoms. The Kier molecular flexibility index (Phi) is 4.43. The van der Waals surface area contributed by atoms with E-state index in [4.69, 9.17) is 4.74 Å². The average molecular weight is 262 g/mol. The van der Waals surface area contributed by atoms with Crippen molar-refractivity contribution in [3.63, 3.8) is 0 Å². The molecule has 1 aliphatic heterocycles. The maximum atomic E-state index is 11.9. The SMILES string of the molecule is COc1ccccc1CC(C)NC1CCN(C)C1=O. The van der Waals surface area contributed by atoms with E-state index < -0.39 is 0 Å². The second-order valence-corrected chi connectivity index (χ2v) is 5.18. The number of hydrogen-bond acceptors (Lipinski definition) is 3. The Balaban J connectivity index is 1.94. The molecule has 0 bridgehead atoms. The van der Waals surface area contributed by atoms with Gasteiger partial charge in [0, 0.05) is 19.6 Å². The molecule has 104 valence electrons. The monoisotopic (exact) mass is 262 g/mol. The highest BCUT2D eigenvalue weighted by molar-refractivity contribution is 5.83. The number of nitrogens with one attached hydrogen (secondary N) is 1. The third-order valence-electron chi connectivity index (χ3n) is 3.63. The van der Waals surface area contributed by atoms with Crippen LogP contribution in [-0.4, -0.2) is 43.6 Å². The van der Waals surface area contributed by atoms with Gasteiger partial charge < -0.3 is 15.0 Å². The molecule has 1 fully saturated rings. The maximum Gasteiger partial charge on any atom is 0.239 e. The van der Waals surface area contributed by atoms with Gasteiger partial charge in [0.1, 0.15) is 5.75 Å². The summed E-state index contributed by atoms with van der Waals surface area (Å²) in [7, 11) is 3.54. The predicted octanol–water partition coefficient (Wildman–Crippen LogP) is 1.45. The highest BCUT2D eigenvalue weighted by Gasteiger charge is 2.29. The molecule has 1 aromatic rings. The van der Waals surface area contributed by atoms with Crippen molar-refractivity contribution in [1.82, 2.24) is 10.2 Å². The van der Waals surface area contributed by atoms with Gasteiger partial charge in [0.15, 0.2) is 0 Å². The number of rotatable bonds is 5. The topological polar surface area (TPSA) is 41.6 Å². The molecule has 4 heteroatoms. The Morgan fingerprint density at radius 1 is 1.47 bits per heavy atom. The van der Waals surface area contributed by atoms with Crippen LogP contribution in [0.2, 0.25) is 0 Å². The minimum Gasteiger partial charge on any atom is -0.496 e. The first-order valence-corrected chi connectivity index (χ1v) is 6.74. The van der Waals surface area contributed by atoms with Crippen LogP contribution >= 0.6 is 0 Å². The van der Waals surface area contributed by atoms with Crippen molar-refractivity contribution >= 4 is 5.91 Å². The summed E-state index contributed by atoms with van der Waals surface area (Å²) in [5.41, 5.74) is 1.17. The molecule has 0 spiro atoms. The quantitative estimate of drug-likeness (QED) is 0.873. The van der Waals surface area contributed by atoms with Crippen LogP contribution in [0.3, 0.4) is 0 Å².